The molecule has 2 fully saturated rings. The van der Waals surface area contributed by atoms with Crippen LogP contribution in [0.2, 0.25) is 0 Å². The molecule has 1 aromatic rings. The average Bonchev–Trinajstić information content (AvgIpc) is 3.16. The summed E-state index contributed by atoms with van der Waals surface area (Å²) in [4.78, 5) is 4.67. The molecule has 19 heavy (non-hydrogen) atoms. The van der Waals surface area contributed by atoms with Crippen molar-refractivity contribution in [3.05, 3.63) is 11.9 Å². The first-order chi connectivity index (χ1) is 9.31. The fraction of sp³-hybridized carbons (Fsp3) is 0.812. The smallest absolute Gasteiger partial charge is 0.203 e. The van der Waals surface area contributed by atoms with Crippen LogP contribution in [0.5, 0.6) is 0 Å². The Bertz CT molecular complexity index is 400. The Morgan fingerprint density at radius 2 is 2.00 bits per heavy atom. The molecular formula is C16H27N3. The van der Waals surface area contributed by atoms with Crippen molar-refractivity contribution in [3.8, 4) is 0 Å². The summed E-state index contributed by atoms with van der Waals surface area (Å²) in [6.07, 6.45) is 14.6. The second-order valence-corrected chi connectivity index (χ2v) is 6.46. The van der Waals surface area contributed by atoms with E-state index in [4.69, 9.17) is 0 Å². The van der Waals surface area contributed by atoms with Crippen molar-refractivity contribution >= 4 is 5.95 Å². The van der Waals surface area contributed by atoms with Gasteiger partial charge >= 0.3 is 0 Å². The number of imidazole rings is 1. The van der Waals surface area contributed by atoms with Crippen molar-refractivity contribution in [3.63, 3.8) is 0 Å². The third-order valence-corrected chi connectivity index (χ3v) is 4.54. The maximum absolute atomic E-state index is 4.67. The molecule has 3 rings (SSSR count). The van der Waals surface area contributed by atoms with Crippen LogP contribution in [0.4, 0.5) is 5.95 Å². The number of nitrogens with one attached hydrogen (secondary N) is 1. The van der Waals surface area contributed by atoms with Crippen LogP contribution in [0.3, 0.4) is 0 Å². The number of nitrogens with zero attached hydrogens (tertiary/aromatic N) is 2. The Balaban J connectivity index is 1.55. The van der Waals surface area contributed by atoms with E-state index in [1.54, 1.807) is 0 Å². The number of rotatable bonds is 6. The molecule has 0 atom stereocenters. The predicted octanol–water partition coefficient (Wildman–Crippen LogP) is 4.13. The monoisotopic (exact) mass is 261 g/mol. The van der Waals surface area contributed by atoms with E-state index in [9.17, 15) is 0 Å². The Morgan fingerprint density at radius 3 is 2.74 bits per heavy atom. The number of hydrogen-bond acceptors (Lipinski definition) is 2. The summed E-state index contributed by atoms with van der Waals surface area (Å²) in [5.41, 5.74) is 1.14. The van der Waals surface area contributed by atoms with E-state index in [1.165, 1.54) is 57.8 Å². The highest BCUT2D eigenvalue weighted by molar-refractivity contribution is 5.30. The third kappa shape index (κ3) is 3.74. The number of anilines is 1. The minimum absolute atomic E-state index is 0.651. The maximum atomic E-state index is 4.67. The fourth-order valence-corrected chi connectivity index (χ4v) is 3.22. The molecule has 0 aliphatic heterocycles. The van der Waals surface area contributed by atoms with Gasteiger partial charge in [0, 0.05) is 18.8 Å². The van der Waals surface area contributed by atoms with Crippen LogP contribution in [0.1, 0.15) is 63.5 Å². The molecule has 0 spiro atoms. The van der Waals surface area contributed by atoms with Gasteiger partial charge in [0.25, 0.3) is 0 Å². The molecule has 1 aromatic heterocycles. The zero-order valence-corrected chi connectivity index (χ0v) is 12.2. The van der Waals surface area contributed by atoms with Gasteiger partial charge in [-0.25, -0.2) is 4.98 Å². The second kappa shape index (κ2) is 5.98. The molecule has 0 bridgehead atoms. The summed E-state index contributed by atoms with van der Waals surface area (Å²) in [5, 5.41) is 3.68. The third-order valence-electron chi connectivity index (χ3n) is 4.54. The molecule has 0 aromatic carbocycles. The Kier molecular flexibility index (Phi) is 4.09. The fourth-order valence-electron chi connectivity index (χ4n) is 3.22. The van der Waals surface area contributed by atoms with Gasteiger partial charge in [0.1, 0.15) is 0 Å². The highest BCUT2D eigenvalue weighted by Crippen LogP contribution is 2.33. The lowest BCUT2D eigenvalue weighted by Crippen LogP contribution is -2.24. The topological polar surface area (TPSA) is 29.9 Å². The predicted molar refractivity (Wildman–Crippen MR) is 79.4 cm³/mol. The first-order valence-corrected chi connectivity index (χ1v) is 8.11. The lowest BCUT2D eigenvalue weighted by Gasteiger charge is -2.23. The lowest BCUT2D eigenvalue weighted by atomic mass is 9.96. The highest BCUT2D eigenvalue weighted by Gasteiger charge is 2.21. The number of hydrogen-bond donors (Lipinski definition) is 1. The van der Waals surface area contributed by atoms with Gasteiger partial charge in [0.15, 0.2) is 0 Å². The molecule has 2 saturated carbocycles. The zero-order chi connectivity index (χ0) is 13.1. The van der Waals surface area contributed by atoms with Crippen molar-refractivity contribution in [1.29, 1.82) is 0 Å². The summed E-state index contributed by atoms with van der Waals surface area (Å²) >= 11 is 0. The Labute approximate surface area is 116 Å². The van der Waals surface area contributed by atoms with E-state index < -0.39 is 0 Å². The van der Waals surface area contributed by atoms with Crippen molar-refractivity contribution in [2.75, 3.05) is 5.32 Å². The van der Waals surface area contributed by atoms with Crippen LogP contribution in [-0.2, 0) is 6.54 Å². The highest BCUT2D eigenvalue weighted by atomic mass is 15.2. The van der Waals surface area contributed by atoms with Crippen molar-refractivity contribution in [2.24, 2.45) is 5.92 Å². The normalized spacial score (nSPS) is 20.7. The Hall–Kier alpha value is -0.990. The van der Waals surface area contributed by atoms with Crippen LogP contribution in [-0.4, -0.2) is 15.6 Å². The van der Waals surface area contributed by atoms with Crippen LogP contribution in [0.15, 0.2) is 6.20 Å². The largest absolute Gasteiger partial charge is 0.353 e. The van der Waals surface area contributed by atoms with Gasteiger partial charge in [0.2, 0.25) is 5.95 Å². The van der Waals surface area contributed by atoms with Gasteiger partial charge in [-0.15, -0.1) is 0 Å². The minimum Gasteiger partial charge on any atom is -0.353 e. The van der Waals surface area contributed by atoms with E-state index in [0.29, 0.717) is 6.04 Å². The molecule has 0 unspecified atom stereocenters. The van der Waals surface area contributed by atoms with Gasteiger partial charge in [-0.1, -0.05) is 32.1 Å². The molecule has 1 heterocycles. The first-order valence-electron chi connectivity index (χ1n) is 8.11. The standard InChI is InChI=1S/C16H27N3/c1-13-12-19(11-5-6-14-9-10-14)16(17-13)18-15-7-3-2-4-8-15/h12,14-15H,2-11H2,1H3,(H,17,18). The summed E-state index contributed by atoms with van der Waals surface area (Å²) < 4.78 is 2.34. The minimum atomic E-state index is 0.651. The van der Waals surface area contributed by atoms with Crippen LogP contribution in [0.25, 0.3) is 0 Å². The molecule has 106 valence electrons. The van der Waals surface area contributed by atoms with Crippen LogP contribution < -0.4 is 5.32 Å². The van der Waals surface area contributed by atoms with E-state index in [0.717, 1.165) is 24.1 Å². The van der Waals surface area contributed by atoms with Crippen molar-refractivity contribution < 1.29 is 0 Å². The zero-order valence-electron chi connectivity index (χ0n) is 12.2. The van der Waals surface area contributed by atoms with Crippen molar-refractivity contribution in [1.82, 2.24) is 9.55 Å². The molecule has 0 saturated heterocycles. The lowest BCUT2D eigenvalue weighted by molar-refractivity contribution is 0.458. The van der Waals surface area contributed by atoms with Crippen molar-refractivity contribution in [2.45, 2.75) is 77.3 Å². The van der Waals surface area contributed by atoms with Gasteiger partial charge in [-0.3, -0.25) is 0 Å². The van der Waals surface area contributed by atoms with Gasteiger partial charge < -0.3 is 9.88 Å². The Morgan fingerprint density at radius 1 is 1.21 bits per heavy atom. The summed E-state index contributed by atoms with van der Waals surface area (Å²) in [6.45, 7) is 3.23. The molecule has 3 nitrogen and oxygen atoms in total. The first kappa shape index (κ1) is 13.0. The van der Waals surface area contributed by atoms with Gasteiger partial charge in [0.05, 0.1) is 5.69 Å². The molecule has 1 N–H and O–H groups in total. The molecule has 3 heteroatoms. The second-order valence-electron chi connectivity index (χ2n) is 6.46. The number of aromatic nitrogens is 2. The molecule has 2 aliphatic rings. The summed E-state index contributed by atoms with van der Waals surface area (Å²) in [5.74, 6) is 2.15. The van der Waals surface area contributed by atoms with Gasteiger partial charge in [-0.2, -0.15) is 0 Å². The van der Waals surface area contributed by atoms with E-state index in [-0.39, 0.29) is 0 Å². The van der Waals surface area contributed by atoms with E-state index >= 15 is 0 Å². The van der Waals surface area contributed by atoms with E-state index in [1.807, 2.05) is 0 Å². The molecule has 0 radical (unpaired) electrons. The number of aryl methyl sites for hydroxylation is 2. The summed E-state index contributed by atoms with van der Waals surface area (Å²) in [6, 6.07) is 0.651. The van der Waals surface area contributed by atoms with Crippen LogP contribution in [0, 0.1) is 12.8 Å². The summed E-state index contributed by atoms with van der Waals surface area (Å²) in [7, 11) is 0. The van der Waals surface area contributed by atoms with Crippen LogP contribution >= 0.6 is 0 Å². The van der Waals surface area contributed by atoms with E-state index in [2.05, 4.69) is 28.0 Å². The molecule has 0 amide bonds. The SMILES string of the molecule is Cc1cn(CCCC2CC2)c(NC2CCCCC2)n1. The average molecular weight is 261 g/mol. The maximum Gasteiger partial charge on any atom is 0.203 e. The molecule has 2 aliphatic carbocycles. The molecular weight excluding hydrogens is 234 g/mol. The van der Waals surface area contributed by atoms with Gasteiger partial charge in [-0.05, 0) is 38.5 Å². The quantitative estimate of drug-likeness (QED) is 0.834.